The lowest BCUT2D eigenvalue weighted by Crippen LogP contribution is -2.43. The topological polar surface area (TPSA) is 80.6 Å². The lowest BCUT2D eigenvalue weighted by Gasteiger charge is -2.23. The number of benzene rings is 2. The molecule has 10 heteroatoms. The highest BCUT2D eigenvalue weighted by Gasteiger charge is 2.33. The average molecular weight is 533 g/mol. The number of nitrogens with one attached hydrogen (secondary N) is 1. The van der Waals surface area contributed by atoms with Crippen LogP contribution in [0.4, 0.5) is 0 Å². The number of likely N-dealkylation sites (N-methyl/N-ethyl adjacent to an activating group) is 1. The van der Waals surface area contributed by atoms with Gasteiger partial charge in [-0.15, -0.1) is 4.40 Å². The van der Waals surface area contributed by atoms with Gasteiger partial charge in [0.1, 0.15) is 0 Å². The molecular formula is C26H37ClN6O2S. The van der Waals surface area contributed by atoms with E-state index in [1.807, 2.05) is 56.3 Å². The highest BCUT2D eigenvalue weighted by Crippen LogP contribution is 2.29. The van der Waals surface area contributed by atoms with Crippen LogP contribution in [-0.4, -0.2) is 80.1 Å². The molecule has 0 radical (unpaired) electrons. The molecule has 36 heavy (non-hydrogen) atoms. The molecule has 8 nitrogen and oxygen atoms in total. The van der Waals surface area contributed by atoms with E-state index in [9.17, 15) is 8.42 Å². The standard InChI is InChI=1S/C26H37ClN6O2S/c1-5-31(6-2)19-18-28-26(30-36(34,35)32(7-3)8-4)33-20-24(21-12-10-9-11-13-21)25(29-33)22-14-16-23(27)17-15-22/h9-17,24H,5-8,18-20H2,1-4H3,(H,28,30). The number of hydrogen-bond acceptors (Lipinski definition) is 4. The van der Waals surface area contributed by atoms with Gasteiger partial charge in [0.15, 0.2) is 0 Å². The Kier molecular flexibility index (Phi) is 10.3. The average Bonchev–Trinajstić information content (AvgIpc) is 3.33. The normalized spacial score (nSPS) is 16.6. The number of rotatable bonds is 11. The third-order valence-corrected chi connectivity index (χ3v) is 8.16. The molecule has 0 aliphatic carbocycles. The van der Waals surface area contributed by atoms with E-state index in [1.165, 1.54) is 4.31 Å². The van der Waals surface area contributed by atoms with Crippen molar-refractivity contribution in [1.29, 1.82) is 0 Å². The van der Waals surface area contributed by atoms with Crippen LogP contribution in [0.1, 0.15) is 44.7 Å². The lowest BCUT2D eigenvalue weighted by atomic mass is 9.91. The van der Waals surface area contributed by atoms with E-state index in [2.05, 4.69) is 40.6 Å². The van der Waals surface area contributed by atoms with Crippen LogP contribution in [0.2, 0.25) is 5.02 Å². The highest BCUT2D eigenvalue weighted by molar-refractivity contribution is 7.87. The number of hydrogen-bond donors (Lipinski definition) is 1. The van der Waals surface area contributed by atoms with Crippen LogP contribution < -0.4 is 5.32 Å². The Labute approximate surface area is 220 Å². The van der Waals surface area contributed by atoms with Gasteiger partial charge >= 0.3 is 10.2 Å². The summed E-state index contributed by atoms with van der Waals surface area (Å²) in [5.74, 6) is 0.178. The minimum atomic E-state index is -3.87. The SMILES string of the molecule is CCN(CC)CCN/C(=N\S(=O)(=O)N(CC)CC)N1CC(c2ccccc2)C(c2ccc(Cl)cc2)=N1. The molecule has 0 saturated heterocycles. The van der Waals surface area contributed by atoms with Crippen LogP contribution >= 0.6 is 11.6 Å². The maximum absolute atomic E-state index is 13.1. The van der Waals surface area contributed by atoms with Gasteiger partial charge in [0.05, 0.1) is 12.3 Å². The summed E-state index contributed by atoms with van der Waals surface area (Å²) < 4.78 is 31.8. The summed E-state index contributed by atoms with van der Waals surface area (Å²) in [4.78, 5) is 2.27. The van der Waals surface area contributed by atoms with E-state index in [0.29, 0.717) is 31.2 Å². The minimum absolute atomic E-state index is 0.0571. The Morgan fingerprint density at radius 2 is 1.67 bits per heavy atom. The summed E-state index contributed by atoms with van der Waals surface area (Å²) in [5, 5.41) is 10.5. The van der Waals surface area contributed by atoms with Crippen LogP contribution in [0.25, 0.3) is 0 Å². The molecule has 1 atom stereocenters. The second kappa shape index (κ2) is 13.2. The van der Waals surface area contributed by atoms with Crippen molar-refractivity contribution in [2.24, 2.45) is 9.50 Å². The molecule has 1 aliphatic heterocycles. The van der Waals surface area contributed by atoms with Gasteiger partial charge < -0.3 is 10.2 Å². The first-order valence-electron chi connectivity index (χ1n) is 12.6. The van der Waals surface area contributed by atoms with Gasteiger partial charge in [-0.25, -0.2) is 5.01 Å². The van der Waals surface area contributed by atoms with E-state index >= 15 is 0 Å². The molecule has 0 amide bonds. The molecule has 0 bridgehead atoms. The monoisotopic (exact) mass is 532 g/mol. The molecule has 0 saturated carbocycles. The van der Waals surface area contributed by atoms with Crippen LogP contribution in [0.15, 0.2) is 64.1 Å². The van der Waals surface area contributed by atoms with Gasteiger partial charge in [0.2, 0.25) is 5.96 Å². The Bertz CT molecular complexity index is 1130. The summed E-state index contributed by atoms with van der Waals surface area (Å²) >= 11 is 6.13. The number of nitrogens with zero attached hydrogens (tertiary/aromatic N) is 5. The van der Waals surface area contributed by atoms with E-state index in [0.717, 1.165) is 36.5 Å². The van der Waals surface area contributed by atoms with Gasteiger partial charge in [-0.1, -0.05) is 81.8 Å². The third-order valence-electron chi connectivity index (χ3n) is 6.34. The number of halogens is 1. The summed E-state index contributed by atoms with van der Waals surface area (Å²) in [6.45, 7) is 12.1. The second-order valence-corrected chi connectivity index (χ2v) is 10.5. The molecule has 1 unspecified atom stereocenters. The van der Waals surface area contributed by atoms with Crippen molar-refractivity contribution >= 4 is 33.5 Å². The first-order chi connectivity index (χ1) is 17.3. The van der Waals surface area contributed by atoms with Crippen LogP contribution in [0, 0.1) is 0 Å². The second-order valence-electron chi connectivity index (χ2n) is 8.47. The largest absolute Gasteiger partial charge is 0.353 e. The Balaban J connectivity index is 2.01. The zero-order chi connectivity index (χ0) is 26.1. The molecule has 0 spiro atoms. The highest BCUT2D eigenvalue weighted by atomic mass is 35.5. The Morgan fingerprint density at radius 3 is 2.25 bits per heavy atom. The van der Waals surface area contributed by atoms with E-state index < -0.39 is 10.2 Å². The quantitative estimate of drug-likeness (QED) is 0.349. The van der Waals surface area contributed by atoms with Gasteiger partial charge in [-0.2, -0.15) is 17.8 Å². The molecule has 0 fully saturated rings. The maximum Gasteiger partial charge on any atom is 0.325 e. The molecule has 0 aromatic heterocycles. The molecule has 1 aliphatic rings. The third kappa shape index (κ3) is 7.06. The van der Waals surface area contributed by atoms with Crippen LogP contribution in [0.3, 0.4) is 0 Å². The van der Waals surface area contributed by atoms with Crippen molar-refractivity contribution in [2.45, 2.75) is 33.6 Å². The van der Waals surface area contributed by atoms with Gasteiger partial charge in [0.25, 0.3) is 0 Å². The lowest BCUT2D eigenvalue weighted by molar-refractivity contribution is 0.306. The Hall–Kier alpha value is -2.46. The van der Waals surface area contributed by atoms with Gasteiger partial charge in [-0.3, -0.25) is 0 Å². The summed E-state index contributed by atoms with van der Waals surface area (Å²) in [6.07, 6.45) is 0. The van der Waals surface area contributed by atoms with Crippen molar-refractivity contribution < 1.29 is 8.42 Å². The Morgan fingerprint density at radius 1 is 1.03 bits per heavy atom. The first kappa shape index (κ1) is 28.1. The molecule has 1 N–H and O–H groups in total. The van der Waals surface area contributed by atoms with E-state index in [4.69, 9.17) is 16.7 Å². The van der Waals surface area contributed by atoms with E-state index in [-0.39, 0.29) is 11.9 Å². The summed E-state index contributed by atoms with van der Waals surface area (Å²) in [5.41, 5.74) is 2.88. The molecule has 3 rings (SSSR count). The van der Waals surface area contributed by atoms with Gasteiger partial charge in [-0.05, 0) is 36.3 Å². The van der Waals surface area contributed by atoms with Gasteiger partial charge in [0, 0.05) is 37.1 Å². The van der Waals surface area contributed by atoms with Crippen molar-refractivity contribution in [2.75, 3.05) is 45.8 Å². The smallest absolute Gasteiger partial charge is 0.325 e. The van der Waals surface area contributed by atoms with Crippen LogP contribution in [-0.2, 0) is 10.2 Å². The fourth-order valence-electron chi connectivity index (χ4n) is 4.22. The molecule has 196 valence electrons. The zero-order valence-corrected chi connectivity index (χ0v) is 23.1. The zero-order valence-electron chi connectivity index (χ0n) is 21.6. The van der Waals surface area contributed by atoms with Crippen LogP contribution in [0.5, 0.6) is 0 Å². The van der Waals surface area contributed by atoms with Crippen molar-refractivity contribution in [3.05, 3.63) is 70.7 Å². The first-order valence-corrected chi connectivity index (χ1v) is 14.3. The number of hydrazone groups is 1. The minimum Gasteiger partial charge on any atom is -0.353 e. The van der Waals surface area contributed by atoms with Crippen molar-refractivity contribution in [3.8, 4) is 0 Å². The fourth-order valence-corrected chi connectivity index (χ4v) is 5.49. The summed E-state index contributed by atoms with van der Waals surface area (Å²) in [7, 11) is -3.87. The molecular weight excluding hydrogens is 496 g/mol. The predicted molar refractivity (Wildman–Crippen MR) is 149 cm³/mol. The molecule has 2 aromatic carbocycles. The van der Waals surface area contributed by atoms with Crippen molar-refractivity contribution in [3.63, 3.8) is 0 Å². The fraction of sp³-hybridized carbons (Fsp3) is 0.462. The van der Waals surface area contributed by atoms with Crippen molar-refractivity contribution in [1.82, 2.24) is 19.5 Å². The van der Waals surface area contributed by atoms with E-state index in [1.54, 1.807) is 5.01 Å². The predicted octanol–water partition coefficient (Wildman–Crippen LogP) is 4.02. The maximum atomic E-state index is 13.1. The molecule has 1 heterocycles. The number of guanidine groups is 1. The molecule has 2 aromatic rings. The summed E-state index contributed by atoms with van der Waals surface area (Å²) in [6, 6.07) is 17.7.